The molecule has 1 fully saturated rings. The molecule has 0 aliphatic carbocycles. The zero-order chi connectivity index (χ0) is 19.6. The highest BCUT2D eigenvalue weighted by Gasteiger charge is 2.41. The maximum Gasteiger partial charge on any atom is 0.416 e. The summed E-state index contributed by atoms with van der Waals surface area (Å²) in [6, 6.07) is 7.16. The van der Waals surface area contributed by atoms with Gasteiger partial charge in [0.2, 0.25) is 0 Å². The Labute approximate surface area is 155 Å². The predicted molar refractivity (Wildman–Crippen MR) is 94.2 cm³/mol. The normalized spacial score (nSPS) is 19.6. The first kappa shape index (κ1) is 19.4. The first-order valence-electron chi connectivity index (χ1n) is 8.87. The van der Waals surface area contributed by atoms with Crippen LogP contribution in [-0.4, -0.2) is 33.5 Å². The van der Waals surface area contributed by atoms with Gasteiger partial charge >= 0.3 is 12.1 Å². The number of hydrogen-bond donors (Lipinski definition) is 1. The van der Waals surface area contributed by atoms with E-state index in [4.69, 9.17) is 0 Å². The number of likely N-dealkylation sites (tertiary alicyclic amines) is 1. The van der Waals surface area contributed by atoms with Gasteiger partial charge in [-0.1, -0.05) is 30.7 Å². The lowest BCUT2D eigenvalue weighted by Gasteiger charge is -2.40. The van der Waals surface area contributed by atoms with E-state index in [2.05, 4.69) is 4.98 Å². The number of halogens is 3. The van der Waals surface area contributed by atoms with E-state index in [0.29, 0.717) is 18.7 Å². The first-order chi connectivity index (χ1) is 12.8. The van der Waals surface area contributed by atoms with E-state index in [1.165, 1.54) is 18.3 Å². The lowest BCUT2D eigenvalue weighted by Crippen LogP contribution is -2.47. The van der Waals surface area contributed by atoms with Gasteiger partial charge < -0.3 is 5.11 Å². The van der Waals surface area contributed by atoms with Gasteiger partial charge in [-0.2, -0.15) is 13.2 Å². The van der Waals surface area contributed by atoms with E-state index < -0.39 is 29.8 Å². The lowest BCUT2D eigenvalue weighted by atomic mass is 9.90. The third kappa shape index (κ3) is 3.98. The van der Waals surface area contributed by atoms with Crippen molar-refractivity contribution in [2.45, 2.75) is 44.4 Å². The quantitative estimate of drug-likeness (QED) is 0.855. The molecule has 1 aliphatic heterocycles. The second kappa shape index (κ2) is 7.68. The summed E-state index contributed by atoms with van der Waals surface area (Å²) in [5, 5.41) is 9.67. The molecule has 0 saturated carbocycles. The van der Waals surface area contributed by atoms with Crippen LogP contribution < -0.4 is 0 Å². The Morgan fingerprint density at radius 3 is 2.63 bits per heavy atom. The molecular formula is C20H21F3N2O2. The Morgan fingerprint density at radius 2 is 1.96 bits per heavy atom. The molecular weight excluding hydrogens is 357 g/mol. The van der Waals surface area contributed by atoms with Crippen molar-refractivity contribution in [3.8, 4) is 0 Å². The molecule has 1 aromatic heterocycles. The maximum atomic E-state index is 13.7. The second-order valence-corrected chi connectivity index (χ2v) is 6.78. The number of carboxylic acid groups (broad SMARTS) is 1. The number of aromatic nitrogens is 1. The standard InChI is InChI=1S/C20H21F3N2O2/c1-13-7-6-11-24-17(13)18(25-12-5-4-10-16(25)19(26)27)14-8-2-3-9-15(14)20(21,22)23/h2-3,6-9,11,16,18H,4-5,10,12H2,1H3,(H,26,27). The number of rotatable bonds is 4. The number of pyridine rings is 1. The average molecular weight is 378 g/mol. The molecule has 2 heterocycles. The highest BCUT2D eigenvalue weighted by atomic mass is 19.4. The minimum absolute atomic E-state index is 0.0416. The van der Waals surface area contributed by atoms with Crippen LogP contribution >= 0.6 is 0 Å². The van der Waals surface area contributed by atoms with E-state index in [1.807, 2.05) is 0 Å². The lowest BCUT2D eigenvalue weighted by molar-refractivity contribution is -0.145. The largest absolute Gasteiger partial charge is 0.480 e. The van der Waals surface area contributed by atoms with Crippen LogP contribution in [0.25, 0.3) is 0 Å². The van der Waals surface area contributed by atoms with Gasteiger partial charge in [-0.15, -0.1) is 0 Å². The zero-order valence-electron chi connectivity index (χ0n) is 14.9. The van der Waals surface area contributed by atoms with E-state index in [9.17, 15) is 23.1 Å². The topological polar surface area (TPSA) is 53.4 Å². The van der Waals surface area contributed by atoms with Crippen LogP contribution in [0.5, 0.6) is 0 Å². The fourth-order valence-corrected chi connectivity index (χ4v) is 3.79. The minimum Gasteiger partial charge on any atom is -0.480 e. The van der Waals surface area contributed by atoms with E-state index in [0.717, 1.165) is 24.5 Å². The van der Waals surface area contributed by atoms with Crippen LogP contribution in [0.3, 0.4) is 0 Å². The van der Waals surface area contributed by atoms with Crippen molar-refractivity contribution in [1.29, 1.82) is 0 Å². The number of aryl methyl sites for hydroxylation is 1. The van der Waals surface area contributed by atoms with Crippen molar-refractivity contribution in [3.05, 3.63) is 65.0 Å². The van der Waals surface area contributed by atoms with Crippen LogP contribution in [0, 0.1) is 6.92 Å². The van der Waals surface area contributed by atoms with Gasteiger partial charge in [0.1, 0.15) is 6.04 Å². The molecule has 144 valence electrons. The zero-order valence-corrected chi connectivity index (χ0v) is 14.9. The van der Waals surface area contributed by atoms with Gasteiger partial charge in [-0.3, -0.25) is 14.7 Å². The molecule has 0 spiro atoms. The molecule has 1 N–H and O–H groups in total. The summed E-state index contributed by atoms with van der Waals surface area (Å²) >= 11 is 0. The fraction of sp³-hybridized carbons (Fsp3) is 0.400. The molecule has 7 heteroatoms. The molecule has 3 rings (SSSR count). The number of piperidine rings is 1. The molecule has 2 aromatic rings. The number of benzene rings is 1. The van der Waals surface area contributed by atoms with E-state index in [1.54, 1.807) is 30.0 Å². The second-order valence-electron chi connectivity index (χ2n) is 6.78. The molecule has 0 radical (unpaired) electrons. The summed E-state index contributed by atoms with van der Waals surface area (Å²) in [4.78, 5) is 17.8. The van der Waals surface area contributed by atoms with Gasteiger partial charge in [-0.25, -0.2) is 0 Å². The Kier molecular flexibility index (Phi) is 5.51. The first-order valence-corrected chi connectivity index (χ1v) is 8.87. The summed E-state index contributed by atoms with van der Waals surface area (Å²) in [5.74, 6) is -1.02. The summed E-state index contributed by atoms with van der Waals surface area (Å²) in [6.07, 6.45) is -1.12. The van der Waals surface area contributed by atoms with E-state index in [-0.39, 0.29) is 5.56 Å². The number of nitrogens with zero attached hydrogens (tertiary/aromatic N) is 2. The smallest absolute Gasteiger partial charge is 0.416 e. The maximum absolute atomic E-state index is 13.7. The third-order valence-electron chi connectivity index (χ3n) is 5.03. The van der Waals surface area contributed by atoms with Crippen molar-refractivity contribution in [2.75, 3.05) is 6.54 Å². The van der Waals surface area contributed by atoms with Crippen LogP contribution in [0.1, 0.15) is 47.7 Å². The van der Waals surface area contributed by atoms with Gasteiger partial charge in [0.15, 0.2) is 0 Å². The van der Waals surface area contributed by atoms with Gasteiger partial charge in [0.25, 0.3) is 0 Å². The molecule has 2 unspecified atom stereocenters. The Balaban J connectivity index is 2.21. The Hall–Kier alpha value is -2.41. The Morgan fingerprint density at radius 1 is 1.22 bits per heavy atom. The van der Waals surface area contributed by atoms with Crippen molar-refractivity contribution < 1.29 is 23.1 Å². The molecule has 27 heavy (non-hydrogen) atoms. The predicted octanol–water partition coefficient (Wildman–Crippen LogP) is 4.44. The van der Waals surface area contributed by atoms with E-state index >= 15 is 0 Å². The summed E-state index contributed by atoms with van der Waals surface area (Å²) in [5.41, 5.74) is 0.478. The molecule has 1 aromatic carbocycles. The molecule has 1 aliphatic rings. The number of alkyl halides is 3. The van der Waals surface area contributed by atoms with Crippen LogP contribution in [0.4, 0.5) is 13.2 Å². The van der Waals surface area contributed by atoms with Gasteiger partial charge in [0, 0.05) is 6.20 Å². The molecule has 0 bridgehead atoms. The summed E-state index contributed by atoms with van der Waals surface area (Å²) < 4.78 is 41.1. The fourth-order valence-electron chi connectivity index (χ4n) is 3.79. The van der Waals surface area contributed by atoms with Crippen molar-refractivity contribution in [3.63, 3.8) is 0 Å². The van der Waals surface area contributed by atoms with Crippen LogP contribution in [-0.2, 0) is 11.0 Å². The minimum atomic E-state index is -4.54. The molecule has 0 amide bonds. The van der Waals surface area contributed by atoms with Crippen LogP contribution in [0.2, 0.25) is 0 Å². The third-order valence-corrected chi connectivity index (χ3v) is 5.03. The monoisotopic (exact) mass is 378 g/mol. The summed E-state index contributed by atoms with van der Waals surface area (Å²) in [7, 11) is 0. The number of carbonyl (C=O) groups is 1. The Bertz CT molecular complexity index is 823. The highest BCUT2D eigenvalue weighted by Crippen LogP contribution is 2.41. The molecule has 2 atom stereocenters. The average Bonchev–Trinajstić information content (AvgIpc) is 2.63. The number of hydrogen-bond acceptors (Lipinski definition) is 3. The molecule has 4 nitrogen and oxygen atoms in total. The van der Waals surface area contributed by atoms with Gasteiger partial charge in [-0.05, 0) is 49.6 Å². The summed E-state index contributed by atoms with van der Waals surface area (Å²) in [6.45, 7) is 2.19. The van der Waals surface area contributed by atoms with Crippen LogP contribution in [0.15, 0.2) is 42.6 Å². The van der Waals surface area contributed by atoms with Crippen molar-refractivity contribution in [1.82, 2.24) is 9.88 Å². The highest BCUT2D eigenvalue weighted by molar-refractivity contribution is 5.73. The van der Waals surface area contributed by atoms with Crippen molar-refractivity contribution in [2.24, 2.45) is 0 Å². The molecule has 1 saturated heterocycles. The number of aliphatic carboxylic acids is 1. The van der Waals surface area contributed by atoms with Crippen molar-refractivity contribution >= 4 is 5.97 Å². The van der Waals surface area contributed by atoms with Gasteiger partial charge in [0.05, 0.1) is 17.3 Å². The SMILES string of the molecule is Cc1cccnc1C(c1ccccc1C(F)(F)F)N1CCCCC1C(=O)O. The number of carboxylic acids is 1.